The first-order valence-corrected chi connectivity index (χ1v) is 4.78. The first kappa shape index (κ1) is 11.4. The van der Waals surface area contributed by atoms with Crippen LogP contribution >= 0.6 is 12.4 Å². The number of ether oxygens (including phenoxy) is 2. The Labute approximate surface area is 97.1 Å². The van der Waals surface area contributed by atoms with E-state index in [1.807, 2.05) is 0 Å². The van der Waals surface area contributed by atoms with E-state index in [1.165, 1.54) is 0 Å². The standard InChI is InChI=1S/C10H9F2NO2.ClH/c11-5-1-2-6(12)10-9(5)14-7-3-13-4-8(7)15-10;/h1-2,7-8,13H,3-4H2;1H. The summed E-state index contributed by atoms with van der Waals surface area (Å²) in [5.74, 6) is -1.39. The Balaban J connectivity index is 0.000000963. The Bertz CT molecular complexity index is 379. The van der Waals surface area contributed by atoms with Crippen LogP contribution in [0.4, 0.5) is 8.78 Å². The highest BCUT2D eigenvalue weighted by Gasteiger charge is 2.38. The topological polar surface area (TPSA) is 30.5 Å². The number of halogens is 3. The summed E-state index contributed by atoms with van der Waals surface area (Å²) in [6, 6.07) is 2.08. The average Bonchev–Trinajstić information content (AvgIpc) is 2.69. The zero-order chi connectivity index (χ0) is 10.4. The average molecular weight is 250 g/mol. The molecule has 1 N–H and O–H groups in total. The smallest absolute Gasteiger partial charge is 0.200 e. The molecule has 2 atom stereocenters. The maximum atomic E-state index is 13.3. The Kier molecular flexibility index (Phi) is 2.90. The van der Waals surface area contributed by atoms with Gasteiger partial charge >= 0.3 is 0 Å². The minimum atomic E-state index is -0.586. The fourth-order valence-electron chi connectivity index (χ4n) is 1.90. The summed E-state index contributed by atoms with van der Waals surface area (Å²) in [6.07, 6.45) is -0.456. The van der Waals surface area contributed by atoms with Crippen LogP contribution in [0.3, 0.4) is 0 Å². The van der Waals surface area contributed by atoms with E-state index in [1.54, 1.807) is 0 Å². The second-order valence-electron chi connectivity index (χ2n) is 3.66. The zero-order valence-corrected chi connectivity index (χ0v) is 9.02. The van der Waals surface area contributed by atoms with Crippen LogP contribution < -0.4 is 14.8 Å². The van der Waals surface area contributed by atoms with Crippen LogP contribution in [0, 0.1) is 11.6 Å². The molecule has 1 aromatic carbocycles. The van der Waals surface area contributed by atoms with E-state index in [4.69, 9.17) is 9.47 Å². The van der Waals surface area contributed by atoms with Gasteiger partial charge in [-0.3, -0.25) is 0 Å². The molecule has 3 nitrogen and oxygen atoms in total. The molecule has 2 aliphatic heterocycles. The SMILES string of the molecule is Cl.Fc1ccc(F)c2c1OC1CNCC1O2. The molecule has 0 amide bonds. The summed E-state index contributed by atoms with van der Waals surface area (Å²) in [6.45, 7) is 1.19. The molecule has 0 aliphatic carbocycles. The van der Waals surface area contributed by atoms with Gasteiger partial charge in [-0.05, 0) is 12.1 Å². The molecule has 1 saturated heterocycles. The van der Waals surface area contributed by atoms with Crippen molar-refractivity contribution in [2.75, 3.05) is 13.1 Å². The highest BCUT2D eigenvalue weighted by molar-refractivity contribution is 5.85. The quantitative estimate of drug-likeness (QED) is 0.756. The number of fused-ring (bicyclic) bond motifs is 2. The van der Waals surface area contributed by atoms with Crippen molar-refractivity contribution < 1.29 is 18.3 Å². The van der Waals surface area contributed by atoms with Gasteiger partial charge in [-0.1, -0.05) is 0 Å². The Hall–Kier alpha value is -1.07. The van der Waals surface area contributed by atoms with Crippen LogP contribution in [0.2, 0.25) is 0 Å². The second kappa shape index (κ2) is 4.07. The number of hydrogen-bond donors (Lipinski definition) is 1. The van der Waals surface area contributed by atoms with Crippen LogP contribution in [0.1, 0.15) is 0 Å². The monoisotopic (exact) mass is 249 g/mol. The van der Waals surface area contributed by atoms with Crippen molar-refractivity contribution in [2.45, 2.75) is 12.2 Å². The molecule has 6 heteroatoms. The van der Waals surface area contributed by atoms with Crippen molar-refractivity contribution in [3.05, 3.63) is 23.8 Å². The van der Waals surface area contributed by atoms with Gasteiger partial charge in [-0.25, -0.2) is 8.78 Å². The normalized spacial score (nSPS) is 25.9. The van der Waals surface area contributed by atoms with Crippen LogP contribution in [-0.2, 0) is 0 Å². The van der Waals surface area contributed by atoms with E-state index in [9.17, 15) is 8.78 Å². The summed E-state index contributed by atoms with van der Waals surface area (Å²) < 4.78 is 37.4. The fraction of sp³-hybridized carbons (Fsp3) is 0.400. The Morgan fingerprint density at radius 3 is 1.88 bits per heavy atom. The molecule has 0 saturated carbocycles. The maximum Gasteiger partial charge on any atom is 0.200 e. The lowest BCUT2D eigenvalue weighted by atomic mass is 10.2. The molecule has 0 spiro atoms. The predicted molar refractivity (Wildman–Crippen MR) is 55.3 cm³/mol. The second-order valence-corrected chi connectivity index (χ2v) is 3.66. The van der Waals surface area contributed by atoms with Crippen molar-refractivity contribution in [2.24, 2.45) is 0 Å². The van der Waals surface area contributed by atoms with E-state index >= 15 is 0 Å². The molecule has 0 aromatic heterocycles. The summed E-state index contributed by atoms with van der Waals surface area (Å²) in [5.41, 5.74) is 0. The van der Waals surface area contributed by atoms with Gasteiger partial charge in [0.15, 0.2) is 11.6 Å². The van der Waals surface area contributed by atoms with E-state index in [0.29, 0.717) is 13.1 Å². The van der Waals surface area contributed by atoms with Gasteiger partial charge < -0.3 is 14.8 Å². The van der Waals surface area contributed by atoms with Crippen molar-refractivity contribution in [3.8, 4) is 11.5 Å². The molecule has 0 radical (unpaired) electrons. The Morgan fingerprint density at radius 1 is 1.00 bits per heavy atom. The molecule has 2 unspecified atom stereocenters. The first-order chi connectivity index (χ1) is 7.25. The molecule has 2 heterocycles. The number of rotatable bonds is 0. The molecular formula is C10H10ClF2NO2. The Morgan fingerprint density at radius 2 is 1.44 bits per heavy atom. The first-order valence-electron chi connectivity index (χ1n) is 4.78. The van der Waals surface area contributed by atoms with Gasteiger partial charge in [-0.2, -0.15) is 0 Å². The van der Waals surface area contributed by atoms with Crippen LogP contribution in [0.25, 0.3) is 0 Å². The molecule has 16 heavy (non-hydrogen) atoms. The minimum absolute atomic E-state index is 0. The summed E-state index contributed by atoms with van der Waals surface area (Å²) in [7, 11) is 0. The summed E-state index contributed by atoms with van der Waals surface area (Å²) in [4.78, 5) is 0. The van der Waals surface area contributed by atoms with Gasteiger partial charge in [-0.15, -0.1) is 12.4 Å². The lowest BCUT2D eigenvalue weighted by Gasteiger charge is -2.28. The number of hydrogen-bond acceptors (Lipinski definition) is 3. The van der Waals surface area contributed by atoms with E-state index in [0.717, 1.165) is 12.1 Å². The fourth-order valence-corrected chi connectivity index (χ4v) is 1.90. The van der Waals surface area contributed by atoms with Crippen molar-refractivity contribution in [1.82, 2.24) is 5.32 Å². The van der Waals surface area contributed by atoms with Crippen molar-refractivity contribution in [3.63, 3.8) is 0 Å². The third-order valence-electron chi connectivity index (χ3n) is 2.66. The largest absolute Gasteiger partial charge is 0.478 e. The number of benzene rings is 1. The highest BCUT2D eigenvalue weighted by atomic mass is 35.5. The van der Waals surface area contributed by atoms with Gasteiger partial charge in [0.05, 0.1) is 0 Å². The van der Waals surface area contributed by atoms with Crippen molar-refractivity contribution in [1.29, 1.82) is 0 Å². The minimum Gasteiger partial charge on any atom is -0.478 e. The molecule has 1 aromatic rings. The zero-order valence-electron chi connectivity index (χ0n) is 8.20. The molecule has 3 rings (SSSR count). The molecule has 1 fully saturated rings. The van der Waals surface area contributed by atoms with Crippen LogP contribution in [0.15, 0.2) is 12.1 Å². The molecule has 0 bridgehead atoms. The lowest BCUT2D eigenvalue weighted by molar-refractivity contribution is 0.0467. The highest BCUT2D eigenvalue weighted by Crippen LogP contribution is 2.39. The van der Waals surface area contributed by atoms with Crippen LogP contribution in [-0.4, -0.2) is 25.3 Å². The molecule has 88 valence electrons. The predicted octanol–water partition coefficient (Wildman–Crippen LogP) is 1.50. The van der Waals surface area contributed by atoms with Gasteiger partial charge in [0.1, 0.15) is 12.2 Å². The third-order valence-corrected chi connectivity index (χ3v) is 2.66. The van der Waals surface area contributed by atoms with Gasteiger partial charge in [0.25, 0.3) is 0 Å². The van der Waals surface area contributed by atoms with Gasteiger partial charge in [0.2, 0.25) is 11.5 Å². The van der Waals surface area contributed by atoms with E-state index in [-0.39, 0.29) is 36.1 Å². The van der Waals surface area contributed by atoms with E-state index in [2.05, 4.69) is 5.32 Å². The van der Waals surface area contributed by atoms with Gasteiger partial charge in [0, 0.05) is 13.1 Å². The third kappa shape index (κ3) is 1.60. The molecular weight excluding hydrogens is 240 g/mol. The van der Waals surface area contributed by atoms with E-state index < -0.39 is 11.6 Å². The number of nitrogens with one attached hydrogen (secondary N) is 1. The molecule has 2 aliphatic rings. The lowest BCUT2D eigenvalue weighted by Crippen LogP contribution is -2.39. The van der Waals surface area contributed by atoms with Crippen molar-refractivity contribution >= 4 is 12.4 Å². The summed E-state index contributed by atoms with van der Waals surface area (Å²) in [5, 5.41) is 3.04. The summed E-state index contributed by atoms with van der Waals surface area (Å²) >= 11 is 0. The maximum absolute atomic E-state index is 13.3. The van der Waals surface area contributed by atoms with Crippen LogP contribution in [0.5, 0.6) is 11.5 Å².